The highest BCUT2D eigenvalue weighted by atomic mass is 16.3. The van der Waals surface area contributed by atoms with Gasteiger partial charge in [0.2, 0.25) is 0 Å². The molecule has 0 saturated heterocycles. The summed E-state index contributed by atoms with van der Waals surface area (Å²) in [6.07, 6.45) is 11.3. The number of hydrogen-bond donors (Lipinski definition) is 0. The first kappa shape index (κ1) is 11.3. The van der Waals surface area contributed by atoms with Crippen molar-refractivity contribution in [1.82, 2.24) is 0 Å². The maximum absolute atomic E-state index is 5.69. The topological polar surface area (TPSA) is 13.1 Å². The lowest BCUT2D eigenvalue weighted by Crippen LogP contribution is -2.20. The molecule has 0 radical (unpaired) electrons. The molecule has 1 aromatic rings. The van der Waals surface area contributed by atoms with Crippen LogP contribution in [0.5, 0.6) is 0 Å². The summed E-state index contributed by atoms with van der Waals surface area (Å²) in [5.41, 5.74) is 1.87. The van der Waals surface area contributed by atoms with E-state index in [1.807, 2.05) is 38.2 Å². The third-order valence-corrected chi connectivity index (χ3v) is 2.11. The molecule has 1 rings (SSSR count). The molecule has 0 bridgehead atoms. The Morgan fingerprint density at radius 1 is 1.20 bits per heavy atom. The van der Waals surface area contributed by atoms with Crippen molar-refractivity contribution >= 4 is 24.3 Å². The Balaban J connectivity index is 3.69. The highest BCUT2D eigenvalue weighted by Crippen LogP contribution is 2.06. The van der Waals surface area contributed by atoms with Crippen LogP contribution in [0.15, 0.2) is 29.7 Å². The van der Waals surface area contributed by atoms with E-state index in [9.17, 15) is 0 Å². The summed E-state index contributed by atoms with van der Waals surface area (Å²) in [5, 5.41) is 1.04. The zero-order valence-electron chi connectivity index (χ0n) is 9.29. The lowest BCUT2D eigenvalue weighted by Gasteiger charge is -1.87. The monoisotopic (exact) mass is 200 g/mol. The van der Waals surface area contributed by atoms with Crippen LogP contribution in [-0.2, 0) is 0 Å². The molecule has 1 nitrogen and oxygen atoms in total. The Hall–Kier alpha value is -1.76. The maximum Gasteiger partial charge on any atom is 0.135 e. The second-order valence-electron chi connectivity index (χ2n) is 3.05. The van der Waals surface area contributed by atoms with Crippen LogP contribution in [0.1, 0.15) is 25.2 Å². The molecular weight excluding hydrogens is 184 g/mol. The van der Waals surface area contributed by atoms with Gasteiger partial charge in [0.1, 0.15) is 11.2 Å². The van der Waals surface area contributed by atoms with Gasteiger partial charge in [-0.05, 0) is 26.0 Å². The van der Waals surface area contributed by atoms with Crippen LogP contribution in [0.4, 0.5) is 0 Å². The normalized spacial score (nSPS) is 13.7. The molecule has 1 heteroatoms. The average Bonchev–Trinajstić information content (AvgIpc) is 2.57. The highest BCUT2D eigenvalue weighted by molar-refractivity contribution is 5.63. The molecule has 15 heavy (non-hydrogen) atoms. The zero-order valence-corrected chi connectivity index (χ0v) is 9.29. The molecule has 78 valence electrons. The van der Waals surface area contributed by atoms with Crippen molar-refractivity contribution in [2.75, 3.05) is 0 Å². The van der Waals surface area contributed by atoms with Crippen LogP contribution in [0.2, 0.25) is 0 Å². The fourth-order valence-corrected chi connectivity index (χ4v) is 1.48. The van der Waals surface area contributed by atoms with E-state index in [1.165, 1.54) is 0 Å². The van der Waals surface area contributed by atoms with Gasteiger partial charge in [-0.1, -0.05) is 37.5 Å². The van der Waals surface area contributed by atoms with Gasteiger partial charge in [-0.3, -0.25) is 0 Å². The van der Waals surface area contributed by atoms with E-state index in [4.69, 9.17) is 4.42 Å². The predicted octanol–water partition coefficient (Wildman–Crippen LogP) is 2.72. The lowest BCUT2D eigenvalue weighted by molar-refractivity contribution is 0.521. The minimum Gasteiger partial charge on any atom is -0.456 e. The van der Waals surface area contributed by atoms with Crippen LogP contribution < -0.4 is 10.6 Å². The molecule has 0 unspecified atom stereocenters. The standard InChI is InChI=1S/C14H16O/c1-5-9-12-11(7-3)14(10-6-2)15-13(12)8-4/h5-10H,1,3H2,2,4H3/b10-6-,12-9-,13-8+. The number of rotatable bonds is 3. The Kier molecular flexibility index (Phi) is 3.92. The quantitative estimate of drug-likeness (QED) is 0.731. The van der Waals surface area contributed by atoms with Crippen molar-refractivity contribution in [2.24, 2.45) is 0 Å². The van der Waals surface area contributed by atoms with Crippen molar-refractivity contribution in [3.8, 4) is 0 Å². The largest absolute Gasteiger partial charge is 0.456 e. The van der Waals surface area contributed by atoms with Crippen molar-refractivity contribution < 1.29 is 4.42 Å². The van der Waals surface area contributed by atoms with Gasteiger partial charge in [-0.15, -0.1) is 0 Å². The first-order chi connectivity index (χ1) is 7.28. The Bertz CT molecular complexity index is 498. The van der Waals surface area contributed by atoms with Crippen LogP contribution in [0.3, 0.4) is 0 Å². The minimum atomic E-state index is 0.841. The van der Waals surface area contributed by atoms with E-state index in [1.54, 1.807) is 12.2 Å². The lowest BCUT2D eigenvalue weighted by atomic mass is 10.2. The van der Waals surface area contributed by atoms with Crippen molar-refractivity contribution in [3.63, 3.8) is 0 Å². The molecule has 1 aromatic heterocycles. The molecule has 0 amide bonds. The summed E-state index contributed by atoms with van der Waals surface area (Å²) < 4.78 is 5.69. The fourth-order valence-electron chi connectivity index (χ4n) is 1.48. The van der Waals surface area contributed by atoms with E-state index in [-0.39, 0.29) is 0 Å². The van der Waals surface area contributed by atoms with Crippen molar-refractivity contribution in [2.45, 2.75) is 13.8 Å². The minimum absolute atomic E-state index is 0.841. The second kappa shape index (κ2) is 5.20. The van der Waals surface area contributed by atoms with Gasteiger partial charge in [0.15, 0.2) is 0 Å². The van der Waals surface area contributed by atoms with Crippen LogP contribution in [-0.4, -0.2) is 0 Å². The van der Waals surface area contributed by atoms with Gasteiger partial charge < -0.3 is 4.42 Å². The Morgan fingerprint density at radius 2 is 1.93 bits per heavy atom. The first-order valence-electron chi connectivity index (χ1n) is 4.95. The molecule has 0 saturated carbocycles. The smallest absolute Gasteiger partial charge is 0.135 e. The zero-order chi connectivity index (χ0) is 11.3. The Labute approximate surface area is 90.4 Å². The summed E-state index contributed by atoms with van der Waals surface area (Å²) in [6, 6.07) is 0. The van der Waals surface area contributed by atoms with E-state index in [0.29, 0.717) is 0 Å². The third kappa shape index (κ3) is 2.18. The van der Waals surface area contributed by atoms with E-state index >= 15 is 0 Å². The number of hydrogen-bond acceptors (Lipinski definition) is 1. The molecule has 0 atom stereocenters. The first-order valence-corrected chi connectivity index (χ1v) is 4.95. The summed E-state index contributed by atoms with van der Waals surface area (Å²) in [4.78, 5) is 0. The fraction of sp³-hybridized carbons (Fsp3) is 0.143. The molecule has 1 heterocycles. The molecule has 0 aliphatic carbocycles. The van der Waals surface area contributed by atoms with Gasteiger partial charge in [0.05, 0.1) is 0 Å². The second-order valence-corrected chi connectivity index (χ2v) is 3.05. The van der Waals surface area contributed by atoms with Gasteiger partial charge >= 0.3 is 0 Å². The molecule has 0 N–H and O–H groups in total. The van der Waals surface area contributed by atoms with Crippen LogP contribution in [0, 0.1) is 0 Å². The van der Waals surface area contributed by atoms with Crippen molar-refractivity contribution in [3.05, 3.63) is 47.3 Å². The SMILES string of the molecule is C=C/C=c1/c(C=C)c(/C=C\C)o/c1=C/C. The number of allylic oxidation sites excluding steroid dienone is 2. The van der Waals surface area contributed by atoms with E-state index in [2.05, 4.69) is 13.2 Å². The molecule has 0 fully saturated rings. The Morgan fingerprint density at radius 3 is 2.40 bits per heavy atom. The van der Waals surface area contributed by atoms with Crippen LogP contribution in [0.25, 0.3) is 24.3 Å². The third-order valence-electron chi connectivity index (χ3n) is 2.11. The van der Waals surface area contributed by atoms with Gasteiger partial charge in [0.25, 0.3) is 0 Å². The predicted molar refractivity (Wildman–Crippen MR) is 67.6 cm³/mol. The molecule has 0 aromatic carbocycles. The van der Waals surface area contributed by atoms with Gasteiger partial charge in [-0.25, -0.2) is 0 Å². The summed E-state index contributed by atoms with van der Waals surface area (Å²) in [5.74, 6) is 0.841. The average molecular weight is 200 g/mol. The van der Waals surface area contributed by atoms with Gasteiger partial charge in [-0.2, -0.15) is 0 Å². The molecule has 0 aliphatic rings. The number of furan rings is 1. The molecule has 0 spiro atoms. The highest BCUT2D eigenvalue weighted by Gasteiger charge is 2.04. The van der Waals surface area contributed by atoms with Crippen LogP contribution >= 0.6 is 0 Å². The van der Waals surface area contributed by atoms with E-state index < -0.39 is 0 Å². The summed E-state index contributed by atoms with van der Waals surface area (Å²) in [6.45, 7) is 11.4. The molecular formula is C14H16O. The van der Waals surface area contributed by atoms with Gasteiger partial charge in [0, 0.05) is 10.8 Å². The summed E-state index contributed by atoms with van der Waals surface area (Å²) in [7, 11) is 0. The van der Waals surface area contributed by atoms with E-state index in [0.717, 1.165) is 22.0 Å². The van der Waals surface area contributed by atoms with Crippen molar-refractivity contribution in [1.29, 1.82) is 0 Å². The maximum atomic E-state index is 5.69. The molecule has 0 aliphatic heterocycles. The summed E-state index contributed by atoms with van der Waals surface area (Å²) >= 11 is 0.